The Morgan fingerprint density at radius 2 is 2.04 bits per heavy atom. The molecule has 1 aliphatic heterocycles. The van der Waals surface area contributed by atoms with Gasteiger partial charge in [0.05, 0.1) is 23.3 Å². The molecule has 9 heteroatoms. The summed E-state index contributed by atoms with van der Waals surface area (Å²) in [6.45, 7) is 7.11. The van der Waals surface area contributed by atoms with Crippen molar-refractivity contribution in [2.45, 2.75) is 45.9 Å². The minimum Gasteiger partial charge on any atom is -0.444 e. The van der Waals surface area contributed by atoms with Gasteiger partial charge in [-0.15, -0.1) is 0 Å². The number of likely N-dealkylation sites (N-methyl/N-ethyl adjacent to an activating group) is 1. The molecule has 0 aliphatic carbocycles. The molecule has 0 fully saturated rings. The van der Waals surface area contributed by atoms with Gasteiger partial charge in [0.1, 0.15) is 5.60 Å². The predicted octanol–water partition coefficient (Wildman–Crippen LogP) is 1.85. The second-order valence-electron chi connectivity index (χ2n) is 7.04. The van der Waals surface area contributed by atoms with E-state index in [1.807, 2.05) is 20.8 Å². The number of carbonyl (C=O) groups is 2. The van der Waals surface area contributed by atoms with Crippen LogP contribution in [0.15, 0.2) is 4.47 Å². The lowest BCUT2D eigenvalue weighted by atomic mass is 10.2. The molecule has 0 radical (unpaired) electrons. The SMILES string of the molecule is CN(CCO)C(=O)c1nn2c(c1Br)CN(C(=O)OC(C)(C)C)CCC2. The Labute approximate surface area is 155 Å². The van der Waals surface area contributed by atoms with Gasteiger partial charge in [0.15, 0.2) is 5.69 Å². The molecule has 25 heavy (non-hydrogen) atoms. The van der Waals surface area contributed by atoms with E-state index in [1.165, 1.54) is 4.90 Å². The number of amides is 2. The number of hydrogen-bond acceptors (Lipinski definition) is 5. The molecule has 2 amide bonds. The number of rotatable bonds is 3. The maximum absolute atomic E-state index is 12.5. The molecule has 1 aromatic rings. The third-order valence-electron chi connectivity index (χ3n) is 3.77. The van der Waals surface area contributed by atoms with Gasteiger partial charge in [-0.3, -0.25) is 9.48 Å². The molecule has 1 N–H and O–H groups in total. The van der Waals surface area contributed by atoms with Gasteiger partial charge in [-0.1, -0.05) is 0 Å². The molecule has 140 valence electrons. The zero-order valence-corrected chi connectivity index (χ0v) is 16.7. The van der Waals surface area contributed by atoms with Crippen molar-refractivity contribution < 1.29 is 19.4 Å². The first-order valence-corrected chi connectivity index (χ1v) is 9.02. The monoisotopic (exact) mass is 416 g/mol. The minimum atomic E-state index is -0.561. The molecule has 0 saturated carbocycles. The maximum atomic E-state index is 12.5. The molecule has 8 nitrogen and oxygen atoms in total. The van der Waals surface area contributed by atoms with Crippen LogP contribution < -0.4 is 0 Å². The average Bonchev–Trinajstić information content (AvgIpc) is 2.70. The first-order chi connectivity index (χ1) is 11.6. The van der Waals surface area contributed by atoms with E-state index in [4.69, 9.17) is 9.84 Å². The number of halogens is 1. The molecule has 0 atom stereocenters. The lowest BCUT2D eigenvalue weighted by molar-refractivity contribution is 0.0236. The average molecular weight is 417 g/mol. The number of aromatic nitrogens is 2. The summed E-state index contributed by atoms with van der Waals surface area (Å²) in [6, 6.07) is 0. The fourth-order valence-electron chi connectivity index (χ4n) is 2.53. The highest BCUT2D eigenvalue weighted by atomic mass is 79.9. The highest BCUT2D eigenvalue weighted by molar-refractivity contribution is 9.10. The third-order valence-corrected chi connectivity index (χ3v) is 4.60. The van der Waals surface area contributed by atoms with Gasteiger partial charge in [0, 0.05) is 26.7 Å². The molecular weight excluding hydrogens is 392 g/mol. The first-order valence-electron chi connectivity index (χ1n) is 8.23. The molecule has 0 aromatic carbocycles. The van der Waals surface area contributed by atoms with Gasteiger partial charge < -0.3 is 19.6 Å². The van der Waals surface area contributed by atoms with E-state index >= 15 is 0 Å². The second-order valence-corrected chi connectivity index (χ2v) is 7.83. The lowest BCUT2D eigenvalue weighted by Gasteiger charge is -2.26. The van der Waals surface area contributed by atoms with Crippen LogP contribution in [0.5, 0.6) is 0 Å². The highest BCUT2D eigenvalue weighted by Gasteiger charge is 2.29. The van der Waals surface area contributed by atoms with Gasteiger partial charge >= 0.3 is 6.09 Å². The van der Waals surface area contributed by atoms with E-state index in [9.17, 15) is 9.59 Å². The van der Waals surface area contributed by atoms with E-state index in [0.717, 1.165) is 12.1 Å². The molecular formula is C16H25BrN4O4. The van der Waals surface area contributed by atoms with E-state index in [-0.39, 0.29) is 30.8 Å². The number of carbonyl (C=O) groups excluding carboxylic acids is 2. The standard InChI is InChI=1S/C16H25BrN4O4/c1-16(2,3)25-15(24)20-6-5-7-21-11(10-20)12(17)13(18-21)14(23)19(4)8-9-22/h22H,5-10H2,1-4H3. The summed E-state index contributed by atoms with van der Waals surface area (Å²) in [5, 5.41) is 13.4. The first kappa shape index (κ1) is 19.7. The highest BCUT2D eigenvalue weighted by Crippen LogP contribution is 2.27. The van der Waals surface area contributed by atoms with Crippen LogP contribution in [0.1, 0.15) is 43.4 Å². The molecule has 2 heterocycles. The molecule has 1 aromatic heterocycles. The fourth-order valence-corrected chi connectivity index (χ4v) is 3.11. The predicted molar refractivity (Wildman–Crippen MR) is 95.2 cm³/mol. The Hall–Kier alpha value is -1.61. The number of fused-ring (bicyclic) bond motifs is 1. The summed E-state index contributed by atoms with van der Waals surface area (Å²) in [6.07, 6.45) is 0.347. The quantitative estimate of drug-likeness (QED) is 0.811. The zero-order chi connectivity index (χ0) is 18.8. The molecule has 2 rings (SSSR count). The van der Waals surface area contributed by atoms with Crippen molar-refractivity contribution in [2.24, 2.45) is 0 Å². The Balaban J connectivity index is 2.23. The van der Waals surface area contributed by atoms with Crippen molar-refractivity contribution in [3.05, 3.63) is 15.9 Å². The van der Waals surface area contributed by atoms with Crippen LogP contribution in [-0.2, 0) is 17.8 Å². The fraction of sp³-hybridized carbons (Fsp3) is 0.688. The van der Waals surface area contributed by atoms with Gasteiger partial charge in [-0.2, -0.15) is 5.10 Å². The van der Waals surface area contributed by atoms with Crippen molar-refractivity contribution >= 4 is 27.9 Å². The zero-order valence-electron chi connectivity index (χ0n) is 15.1. The number of hydrogen-bond donors (Lipinski definition) is 1. The van der Waals surface area contributed by atoms with Crippen LogP contribution in [0.2, 0.25) is 0 Å². The number of aliphatic hydroxyl groups excluding tert-OH is 1. The van der Waals surface area contributed by atoms with Gasteiger partial charge in [0.25, 0.3) is 5.91 Å². The Bertz CT molecular complexity index is 653. The van der Waals surface area contributed by atoms with Crippen molar-refractivity contribution in [3.63, 3.8) is 0 Å². The number of ether oxygens (including phenoxy) is 1. The van der Waals surface area contributed by atoms with Crippen LogP contribution in [0.25, 0.3) is 0 Å². The van der Waals surface area contributed by atoms with Crippen LogP contribution in [-0.4, -0.2) is 69.0 Å². The van der Waals surface area contributed by atoms with E-state index in [2.05, 4.69) is 21.0 Å². The smallest absolute Gasteiger partial charge is 0.410 e. The summed E-state index contributed by atoms with van der Waals surface area (Å²) in [5.41, 5.74) is 0.496. The number of nitrogens with zero attached hydrogens (tertiary/aromatic N) is 4. The summed E-state index contributed by atoms with van der Waals surface area (Å²) in [4.78, 5) is 27.9. The maximum Gasteiger partial charge on any atom is 0.410 e. The van der Waals surface area contributed by atoms with E-state index in [1.54, 1.807) is 16.6 Å². The van der Waals surface area contributed by atoms with Crippen LogP contribution >= 0.6 is 15.9 Å². The summed E-state index contributed by atoms with van der Waals surface area (Å²) < 4.78 is 7.79. The largest absolute Gasteiger partial charge is 0.444 e. The normalized spacial score (nSPS) is 14.7. The Morgan fingerprint density at radius 1 is 1.36 bits per heavy atom. The van der Waals surface area contributed by atoms with Crippen molar-refractivity contribution in [1.82, 2.24) is 19.6 Å². The van der Waals surface area contributed by atoms with Gasteiger partial charge in [-0.25, -0.2) is 4.79 Å². The number of aliphatic hydroxyl groups is 1. The van der Waals surface area contributed by atoms with Crippen LogP contribution in [0.4, 0.5) is 4.79 Å². The topological polar surface area (TPSA) is 87.9 Å². The summed E-state index contributed by atoms with van der Waals surface area (Å²) in [5.74, 6) is -0.273. The van der Waals surface area contributed by atoms with Gasteiger partial charge in [-0.05, 0) is 43.1 Å². The molecule has 0 spiro atoms. The summed E-state index contributed by atoms with van der Waals surface area (Å²) in [7, 11) is 1.61. The Morgan fingerprint density at radius 3 is 2.64 bits per heavy atom. The van der Waals surface area contributed by atoms with E-state index < -0.39 is 5.60 Å². The van der Waals surface area contributed by atoms with E-state index in [0.29, 0.717) is 24.1 Å². The van der Waals surface area contributed by atoms with Crippen molar-refractivity contribution in [1.29, 1.82) is 0 Å². The third kappa shape index (κ3) is 4.72. The van der Waals surface area contributed by atoms with Gasteiger partial charge in [0.2, 0.25) is 0 Å². The number of aryl methyl sites for hydroxylation is 1. The molecule has 0 saturated heterocycles. The van der Waals surface area contributed by atoms with Crippen molar-refractivity contribution in [2.75, 3.05) is 26.7 Å². The summed E-state index contributed by atoms with van der Waals surface area (Å²) >= 11 is 3.46. The second kappa shape index (κ2) is 7.74. The minimum absolute atomic E-state index is 0.111. The van der Waals surface area contributed by atoms with Crippen LogP contribution in [0.3, 0.4) is 0 Å². The van der Waals surface area contributed by atoms with Crippen LogP contribution in [0, 0.1) is 0 Å². The lowest BCUT2D eigenvalue weighted by Crippen LogP contribution is -2.36. The molecule has 0 unspecified atom stereocenters. The van der Waals surface area contributed by atoms with Crippen molar-refractivity contribution in [3.8, 4) is 0 Å². The Kier molecular flexibility index (Phi) is 6.10. The molecule has 0 bridgehead atoms. The molecule has 1 aliphatic rings.